The highest BCUT2D eigenvalue weighted by atomic mass is 16.4. The fraction of sp³-hybridized carbons (Fsp3) is 0.385. The third kappa shape index (κ3) is 5.98. The van der Waals surface area contributed by atoms with Gasteiger partial charge < -0.3 is 25.6 Å². The Bertz CT molecular complexity index is 1230. The molecule has 1 atom stereocenters. The van der Waals surface area contributed by atoms with Crippen molar-refractivity contribution >= 4 is 34.5 Å². The quantitative estimate of drug-likeness (QED) is 0.412. The fourth-order valence-electron chi connectivity index (χ4n) is 4.09. The van der Waals surface area contributed by atoms with Crippen LogP contribution in [0.3, 0.4) is 0 Å². The van der Waals surface area contributed by atoms with Crippen molar-refractivity contribution in [3.8, 4) is 0 Å². The van der Waals surface area contributed by atoms with Crippen molar-refractivity contribution < 1.29 is 19.5 Å². The maximum atomic E-state index is 13.1. The predicted molar refractivity (Wildman–Crippen MR) is 133 cm³/mol. The topological polar surface area (TPSA) is 127 Å². The number of nitrogens with one attached hydrogen (secondary N) is 3. The lowest BCUT2D eigenvalue weighted by Crippen LogP contribution is -2.42. The van der Waals surface area contributed by atoms with Crippen molar-refractivity contribution in [3.05, 3.63) is 59.4 Å². The summed E-state index contributed by atoms with van der Waals surface area (Å²) in [4.78, 5) is 46.8. The highest BCUT2D eigenvalue weighted by Crippen LogP contribution is 2.27. The van der Waals surface area contributed by atoms with E-state index in [0.717, 1.165) is 23.0 Å². The Kier molecular flexibility index (Phi) is 6.77. The normalized spacial score (nSPS) is 15.9. The summed E-state index contributed by atoms with van der Waals surface area (Å²) < 4.78 is 0. The minimum absolute atomic E-state index is 0.0174. The van der Waals surface area contributed by atoms with Crippen molar-refractivity contribution in [3.63, 3.8) is 0 Å². The van der Waals surface area contributed by atoms with Crippen LogP contribution in [0.1, 0.15) is 55.4 Å². The third-order valence-electron chi connectivity index (χ3n) is 6.03. The Morgan fingerprint density at radius 1 is 1.20 bits per heavy atom. The number of aromatic amines is 1. The van der Waals surface area contributed by atoms with Crippen LogP contribution in [0.15, 0.2) is 42.5 Å². The number of carbonyl (C=O) groups is 3. The number of benzene rings is 2. The molecule has 35 heavy (non-hydrogen) atoms. The second-order valence-electron chi connectivity index (χ2n) is 10.1. The molecule has 9 nitrogen and oxygen atoms in total. The standard InChI is InChI=1S/C26H31N5O4/c1-26(2,3)10-11-31-15-17-12-16(8-9-18(17)28-21(25(31)35)13-23(32)33)24(34)27-14-22-29-19-6-4-5-7-20(19)30-22/h4-9,12,21,28H,10-11,13-15H2,1-3H3,(H,27,34)(H,29,30)(H,32,33)/t21-/m0/s1. The van der Waals surface area contributed by atoms with Gasteiger partial charge >= 0.3 is 5.97 Å². The third-order valence-corrected chi connectivity index (χ3v) is 6.03. The van der Waals surface area contributed by atoms with Gasteiger partial charge in [0.2, 0.25) is 5.91 Å². The maximum Gasteiger partial charge on any atom is 0.305 e. The highest BCUT2D eigenvalue weighted by Gasteiger charge is 2.31. The number of carboxylic acid groups (broad SMARTS) is 1. The van der Waals surface area contributed by atoms with Gasteiger partial charge in [-0.05, 0) is 47.7 Å². The minimum atomic E-state index is -1.04. The lowest BCUT2D eigenvalue weighted by molar-refractivity contribution is -0.141. The molecule has 2 heterocycles. The zero-order valence-electron chi connectivity index (χ0n) is 20.2. The van der Waals surface area contributed by atoms with Crippen molar-refractivity contribution in [2.45, 2.75) is 52.7 Å². The number of para-hydroxylation sites is 2. The van der Waals surface area contributed by atoms with Crippen LogP contribution in [0.5, 0.6) is 0 Å². The number of fused-ring (bicyclic) bond motifs is 2. The Hall–Kier alpha value is -3.88. The number of H-pyrrole nitrogens is 1. The molecular formula is C26H31N5O4. The van der Waals surface area contributed by atoms with Gasteiger partial charge in [-0.2, -0.15) is 0 Å². The molecule has 0 bridgehead atoms. The van der Waals surface area contributed by atoms with E-state index in [-0.39, 0.29) is 30.2 Å². The summed E-state index contributed by atoms with van der Waals surface area (Å²) in [6, 6.07) is 12.0. The summed E-state index contributed by atoms with van der Waals surface area (Å²) in [6.07, 6.45) is 0.454. The van der Waals surface area contributed by atoms with Crippen molar-refractivity contribution in [1.82, 2.24) is 20.2 Å². The molecule has 184 valence electrons. The van der Waals surface area contributed by atoms with Gasteiger partial charge in [-0.15, -0.1) is 0 Å². The van der Waals surface area contributed by atoms with Crippen molar-refractivity contribution in [1.29, 1.82) is 0 Å². The molecule has 0 fully saturated rings. The Morgan fingerprint density at radius 3 is 2.69 bits per heavy atom. The predicted octanol–water partition coefficient (Wildman–Crippen LogP) is 3.53. The molecule has 0 spiro atoms. The van der Waals surface area contributed by atoms with E-state index < -0.39 is 12.0 Å². The smallest absolute Gasteiger partial charge is 0.305 e. The zero-order valence-corrected chi connectivity index (χ0v) is 20.2. The second kappa shape index (κ2) is 9.77. The highest BCUT2D eigenvalue weighted by molar-refractivity contribution is 5.96. The number of nitrogens with zero attached hydrogens (tertiary/aromatic N) is 2. The van der Waals surface area contributed by atoms with Gasteiger partial charge in [-0.3, -0.25) is 14.4 Å². The van der Waals surface area contributed by atoms with Crippen LogP contribution in [0, 0.1) is 5.41 Å². The largest absolute Gasteiger partial charge is 0.481 e. The molecule has 0 unspecified atom stereocenters. The molecule has 4 N–H and O–H groups in total. The van der Waals surface area contributed by atoms with Gasteiger partial charge in [0.15, 0.2) is 0 Å². The van der Waals surface area contributed by atoms with E-state index >= 15 is 0 Å². The summed E-state index contributed by atoms with van der Waals surface area (Å²) in [6.45, 7) is 7.35. The van der Waals surface area contributed by atoms with E-state index in [4.69, 9.17) is 0 Å². The van der Waals surface area contributed by atoms with E-state index in [1.807, 2.05) is 24.3 Å². The molecule has 1 aliphatic rings. The van der Waals surface area contributed by atoms with Crippen LogP contribution >= 0.6 is 0 Å². The van der Waals surface area contributed by atoms with Crippen LogP contribution in [0.4, 0.5) is 5.69 Å². The molecule has 2 amide bonds. The van der Waals surface area contributed by atoms with Crippen LogP contribution in [-0.2, 0) is 22.7 Å². The number of carbonyl (C=O) groups excluding carboxylic acids is 2. The average molecular weight is 478 g/mol. The van der Waals surface area contributed by atoms with Crippen LogP contribution in [0.2, 0.25) is 0 Å². The van der Waals surface area contributed by atoms with E-state index in [9.17, 15) is 19.5 Å². The molecular weight excluding hydrogens is 446 g/mol. The summed E-state index contributed by atoms with van der Waals surface area (Å²) in [5.41, 5.74) is 3.66. The molecule has 0 saturated heterocycles. The van der Waals surface area contributed by atoms with E-state index in [1.165, 1.54) is 0 Å². The molecule has 1 aliphatic heterocycles. The van der Waals surface area contributed by atoms with E-state index in [0.29, 0.717) is 30.2 Å². The number of carboxylic acids is 1. The van der Waals surface area contributed by atoms with Gasteiger partial charge in [0, 0.05) is 24.3 Å². The summed E-state index contributed by atoms with van der Waals surface area (Å²) in [5.74, 6) is -0.890. The van der Waals surface area contributed by atoms with Crippen LogP contribution in [0.25, 0.3) is 11.0 Å². The number of amides is 2. The Morgan fingerprint density at radius 2 is 1.97 bits per heavy atom. The number of rotatable bonds is 7. The second-order valence-corrected chi connectivity index (χ2v) is 10.1. The van der Waals surface area contributed by atoms with Gasteiger partial charge in [0.1, 0.15) is 11.9 Å². The molecule has 1 aromatic heterocycles. The summed E-state index contributed by atoms with van der Waals surface area (Å²) in [5, 5.41) is 15.3. The molecule has 9 heteroatoms. The number of aromatic nitrogens is 2. The summed E-state index contributed by atoms with van der Waals surface area (Å²) >= 11 is 0. The number of aliphatic carboxylic acids is 1. The molecule has 2 aromatic carbocycles. The molecule has 0 aliphatic carbocycles. The number of hydrogen-bond donors (Lipinski definition) is 4. The van der Waals surface area contributed by atoms with E-state index in [2.05, 4.69) is 41.4 Å². The van der Waals surface area contributed by atoms with Crippen molar-refractivity contribution in [2.24, 2.45) is 5.41 Å². The SMILES string of the molecule is CC(C)(C)CCN1Cc2cc(C(=O)NCc3nc4ccccc4[nH]3)ccc2N[C@@H](CC(=O)O)C1=O. The molecule has 0 saturated carbocycles. The number of anilines is 1. The van der Waals surface area contributed by atoms with Gasteiger partial charge in [0.05, 0.1) is 24.0 Å². The number of imidazole rings is 1. The van der Waals surface area contributed by atoms with Gasteiger partial charge in [-0.25, -0.2) is 4.98 Å². The Balaban J connectivity index is 1.52. The lowest BCUT2D eigenvalue weighted by Gasteiger charge is -2.27. The molecule has 4 rings (SSSR count). The van der Waals surface area contributed by atoms with Crippen molar-refractivity contribution in [2.75, 3.05) is 11.9 Å². The average Bonchev–Trinajstić information content (AvgIpc) is 3.16. The van der Waals surface area contributed by atoms with Gasteiger partial charge in [-0.1, -0.05) is 32.9 Å². The monoisotopic (exact) mass is 477 g/mol. The van der Waals surface area contributed by atoms with Crippen LogP contribution in [-0.4, -0.2) is 50.3 Å². The summed E-state index contributed by atoms with van der Waals surface area (Å²) in [7, 11) is 0. The number of hydrogen-bond acceptors (Lipinski definition) is 5. The van der Waals surface area contributed by atoms with Crippen LogP contribution < -0.4 is 10.6 Å². The molecule has 3 aromatic rings. The Labute approximate surface area is 203 Å². The fourth-order valence-corrected chi connectivity index (χ4v) is 4.09. The maximum absolute atomic E-state index is 13.1. The van der Waals surface area contributed by atoms with Gasteiger partial charge in [0.25, 0.3) is 5.91 Å². The lowest BCUT2D eigenvalue weighted by atomic mass is 9.92. The minimum Gasteiger partial charge on any atom is -0.481 e. The van der Waals surface area contributed by atoms with E-state index in [1.54, 1.807) is 23.1 Å². The zero-order chi connectivity index (χ0) is 25.2. The first kappa shape index (κ1) is 24.3. The molecule has 0 radical (unpaired) electrons. The first-order valence-corrected chi connectivity index (χ1v) is 11.7. The first-order valence-electron chi connectivity index (χ1n) is 11.7. The first-order chi connectivity index (χ1) is 16.6.